The molecule has 3 heteroatoms. The molecule has 1 unspecified atom stereocenters. The zero-order valence-corrected chi connectivity index (χ0v) is 22.7. The molecule has 27 heavy (non-hydrogen) atoms. The van der Waals surface area contributed by atoms with E-state index in [0.29, 0.717) is 0 Å². The van der Waals surface area contributed by atoms with E-state index in [0.717, 1.165) is 5.56 Å². The Kier molecular flexibility index (Phi) is 11.6. The molecule has 0 fully saturated rings. The minimum atomic E-state index is -2.64. The Morgan fingerprint density at radius 2 is 1.33 bits per heavy atom. The number of aliphatic hydroxyl groups is 1. The van der Waals surface area contributed by atoms with E-state index in [1.807, 2.05) is 0 Å². The standard InChI is InChI=1S/C12H17OSi.3C4H9.Sn/c1-14(2,3)10-9-12(13)11-7-5-4-6-8-11;3*1-3-4-2;/h4-8,10,12-13H,1-3H3;3*1,3-4H2,2H3;. The van der Waals surface area contributed by atoms with Gasteiger partial charge in [0.1, 0.15) is 0 Å². The van der Waals surface area contributed by atoms with Crippen LogP contribution in [0.15, 0.2) is 39.6 Å². The Hall–Kier alpha value is -0.0644. The van der Waals surface area contributed by atoms with Crippen LogP contribution in [0.3, 0.4) is 0 Å². The molecule has 0 spiro atoms. The summed E-state index contributed by atoms with van der Waals surface area (Å²) < 4.78 is 5.81. The van der Waals surface area contributed by atoms with Crippen LogP contribution in [0.1, 0.15) is 71.0 Å². The number of unbranched alkanes of at least 4 members (excludes halogenated alkanes) is 3. The Morgan fingerprint density at radius 1 is 0.889 bits per heavy atom. The second kappa shape index (κ2) is 12.5. The van der Waals surface area contributed by atoms with Gasteiger partial charge in [0.15, 0.2) is 0 Å². The third-order valence-electron chi connectivity index (χ3n) is 5.64. The second-order valence-electron chi connectivity index (χ2n) is 9.37. The zero-order chi connectivity index (χ0) is 20.3. The van der Waals surface area contributed by atoms with Crippen molar-refractivity contribution in [2.75, 3.05) is 0 Å². The molecule has 0 saturated heterocycles. The van der Waals surface area contributed by atoms with Gasteiger partial charge in [-0.15, -0.1) is 0 Å². The van der Waals surface area contributed by atoms with Crippen LogP contribution in [-0.2, 0) is 0 Å². The van der Waals surface area contributed by atoms with Crippen LogP contribution in [0, 0.1) is 0 Å². The Bertz CT molecular complexity index is 525. The van der Waals surface area contributed by atoms with E-state index in [2.05, 4.69) is 76.4 Å². The number of hydrogen-bond acceptors (Lipinski definition) is 1. The summed E-state index contributed by atoms with van der Waals surface area (Å²) >= 11 is -2.64. The van der Waals surface area contributed by atoms with Crippen LogP contribution in [0.25, 0.3) is 0 Å². The molecule has 0 bridgehead atoms. The molecular weight excluding hydrogens is 451 g/mol. The third kappa shape index (κ3) is 8.45. The Labute approximate surface area is 174 Å². The van der Waals surface area contributed by atoms with Crippen molar-refractivity contribution >= 4 is 26.5 Å². The van der Waals surface area contributed by atoms with Crippen molar-refractivity contribution in [3.63, 3.8) is 0 Å². The van der Waals surface area contributed by atoms with E-state index in [1.165, 1.54) is 51.8 Å². The van der Waals surface area contributed by atoms with Gasteiger partial charge in [0.2, 0.25) is 0 Å². The first-order valence-electron chi connectivity index (χ1n) is 11.3. The van der Waals surface area contributed by atoms with E-state index >= 15 is 0 Å². The Morgan fingerprint density at radius 3 is 1.70 bits per heavy atom. The molecule has 1 aromatic rings. The monoisotopic (exact) mass is 496 g/mol. The zero-order valence-electron chi connectivity index (χ0n) is 18.9. The van der Waals surface area contributed by atoms with Crippen LogP contribution in [0.2, 0.25) is 33.0 Å². The van der Waals surface area contributed by atoms with E-state index in [4.69, 9.17) is 0 Å². The number of rotatable bonds is 13. The molecule has 1 atom stereocenters. The predicted octanol–water partition coefficient (Wildman–Crippen LogP) is 7.91. The quantitative estimate of drug-likeness (QED) is 0.276. The Balaban J connectivity index is 3.47. The SMILES string of the molecule is CCC[CH2][Sn]([CH2]CCC)([CH2]CCC)/[C](=C\[Si](C)(C)C)C(O)c1ccccc1. The van der Waals surface area contributed by atoms with Crippen molar-refractivity contribution in [1.29, 1.82) is 0 Å². The third-order valence-corrected chi connectivity index (χ3v) is 23.5. The van der Waals surface area contributed by atoms with E-state index in [1.54, 1.807) is 3.59 Å². The molecule has 0 aliphatic heterocycles. The summed E-state index contributed by atoms with van der Waals surface area (Å²) in [5.74, 6) is 0. The summed E-state index contributed by atoms with van der Waals surface area (Å²) in [6.45, 7) is 14.3. The first kappa shape index (κ1) is 25.0. The molecule has 0 saturated carbocycles. The summed E-state index contributed by atoms with van der Waals surface area (Å²) in [5, 5.41) is 11.6. The summed E-state index contributed by atoms with van der Waals surface area (Å²) in [5.41, 5.74) is 3.73. The number of hydrogen-bond donors (Lipinski definition) is 1. The molecule has 1 N–H and O–H groups in total. The maximum absolute atomic E-state index is 11.6. The fourth-order valence-electron chi connectivity index (χ4n) is 4.16. The normalized spacial score (nSPS) is 14.4. The summed E-state index contributed by atoms with van der Waals surface area (Å²) in [4.78, 5) is 0. The number of benzene rings is 1. The molecule has 1 rings (SSSR count). The summed E-state index contributed by atoms with van der Waals surface area (Å²) in [6, 6.07) is 10.5. The van der Waals surface area contributed by atoms with Gasteiger partial charge in [0.05, 0.1) is 0 Å². The predicted molar refractivity (Wildman–Crippen MR) is 128 cm³/mol. The molecule has 0 amide bonds. The van der Waals surface area contributed by atoms with Crippen molar-refractivity contribution in [3.05, 3.63) is 45.2 Å². The van der Waals surface area contributed by atoms with Crippen LogP contribution in [0.4, 0.5) is 0 Å². The minimum absolute atomic E-state index is 0.376. The fraction of sp³-hybridized carbons (Fsp3) is 0.667. The molecule has 0 heterocycles. The summed E-state index contributed by atoms with van der Waals surface area (Å²) in [6.07, 6.45) is 7.48. The van der Waals surface area contributed by atoms with Gasteiger partial charge >= 0.3 is 175 Å². The molecule has 0 aliphatic carbocycles. The molecule has 0 radical (unpaired) electrons. The molecule has 0 aliphatic rings. The van der Waals surface area contributed by atoms with Gasteiger partial charge in [-0.05, 0) is 0 Å². The van der Waals surface area contributed by atoms with E-state index in [9.17, 15) is 5.11 Å². The maximum atomic E-state index is 11.6. The average molecular weight is 495 g/mol. The molecule has 0 aromatic heterocycles. The van der Waals surface area contributed by atoms with Gasteiger partial charge < -0.3 is 0 Å². The first-order chi connectivity index (χ1) is 12.8. The fourth-order valence-corrected chi connectivity index (χ4v) is 27.4. The van der Waals surface area contributed by atoms with Gasteiger partial charge in [-0.1, -0.05) is 0 Å². The van der Waals surface area contributed by atoms with Gasteiger partial charge in [0.25, 0.3) is 0 Å². The van der Waals surface area contributed by atoms with Crippen molar-refractivity contribution in [1.82, 2.24) is 0 Å². The second-order valence-corrected chi connectivity index (χ2v) is 27.6. The van der Waals surface area contributed by atoms with E-state index in [-0.39, 0.29) is 6.10 Å². The molecule has 154 valence electrons. The molecule has 1 nitrogen and oxygen atoms in total. The summed E-state index contributed by atoms with van der Waals surface area (Å²) in [7, 11) is -1.41. The van der Waals surface area contributed by atoms with Gasteiger partial charge in [0, 0.05) is 0 Å². The van der Waals surface area contributed by atoms with Crippen molar-refractivity contribution in [2.45, 2.75) is 98.4 Å². The van der Waals surface area contributed by atoms with Crippen molar-refractivity contribution in [2.24, 2.45) is 0 Å². The van der Waals surface area contributed by atoms with Crippen molar-refractivity contribution < 1.29 is 5.11 Å². The van der Waals surface area contributed by atoms with Crippen molar-refractivity contribution in [3.8, 4) is 0 Å². The van der Waals surface area contributed by atoms with E-state index < -0.39 is 26.5 Å². The van der Waals surface area contributed by atoms with Crippen LogP contribution in [-0.4, -0.2) is 31.6 Å². The molecular formula is C24H44OSiSn. The van der Waals surface area contributed by atoms with Gasteiger partial charge in [-0.2, -0.15) is 0 Å². The van der Waals surface area contributed by atoms with Crippen LogP contribution >= 0.6 is 0 Å². The topological polar surface area (TPSA) is 20.2 Å². The molecule has 1 aromatic carbocycles. The number of aliphatic hydroxyl groups excluding tert-OH is 1. The van der Waals surface area contributed by atoms with Gasteiger partial charge in [-0.3, -0.25) is 0 Å². The average Bonchev–Trinajstić information content (AvgIpc) is 2.65. The van der Waals surface area contributed by atoms with Crippen LogP contribution in [0.5, 0.6) is 0 Å². The van der Waals surface area contributed by atoms with Crippen LogP contribution < -0.4 is 0 Å². The van der Waals surface area contributed by atoms with Gasteiger partial charge in [-0.25, -0.2) is 0 Å². The first-order valence-corrected chi connectivity index (χ1v) is 22.3.